The molecule has 0 radical (unpaired) electrons. The van der Waals surface area contributed by atoms with Gasteiger partial charge in [-0.3, -0.25) is 14.5 Å². The number of carbonyl (C=O) groups excluding carboxylic acids is 2. The quantitative estimate of drug-likeness (QED) is 0.586. The number of fused-ring (bicyclic) bond motifs is 1. The normalized spacial score (nSPS) is 19.2. The van der Waals surface area contributed by atoms with Gasteiger partial charge in [0.2, 0.25) is 5.91 Å². The van der Waals surface area contributed by atoms with Gasteiger partial charge in [-0.1, -0.05) is 12.1 Å². The second kappa shape index (κ2) is 9.49. The minimum atomic E-state index is -0.269. The summed E-state index contributed by atoms with van der Waals surface area (Å²) in [4.78, 5) is 33.0. The van der Waals surface area contributed by atoms with Crippen molar-refractivity contribution < 1.29 is 18.4 Å². The van der Waals surface area contributed by atoms with Crippen molar-refractivity contribution in [1.82, 2.24) is 14.7 Å². The highest BCUT2D eigenvalue weighted by molar-refractivity contribution is 7.10. The van der Waals surface area contributed by atoms with Crippen LogP contribution in [0.5, 0.6) is 0 Å². The lowest BCUT2D eigenvalue weighted by atomic mass is 9.93. The van der Waals surface area contributed by atoms with Gasteiger partial charge in [-0.05, 0) is 59.7 Å². The molecule has 172 valence electrons. The van der Waals surface area contributed by atoms with Gasteiger partial charge in [-0.2, -0.15) is 0 Å². The Morgan fingerprint density at radius 1 is 1.03 bits per heavy atom. The van der Waals surface area contributed by atoms with Gasteiger partial charge in [0.15, 0.2) is 5.76 Å². The summed E-state index contributed by atoms with van der Waals surface area (Å²) in [6, 6.07) is 12.0. The first-order valence-electron chi connectivity index (χ1n) is 11.3. The summed E-state index contributed by atoms with van der Waals surface area (Å²) in [7, 11) is 0. The first-order valence-corrected chi connectivity index (χ1v) is 12.1. The molecule has 1 aromatic carbocycles. The molecule has 1 fully saturated rings. The molecule has 1 saturated heterocycles. The number of carbonyl (C=O) groups is 2. The molecule has 2 amide bonds. The lowest BCUT2D eigenvalue weighted by molar-refractivity contribution is -0.132. The average molecular weight is 468 g/mol. The Balaban J connectivity index is 1.29. The minimum Gasteiger partial charge on any atom is -0.459 e. The smallest absolute Gasteiger partial charge is 0.289 e. The van der Waals surface area contributed by atoms with Crippen LogP contribution < -0.4 is 0 Å². The Hall–Kier alpha value is -2.97. The topological polar surface area (TPSA) is 57.0 Å². The highest BCUT2D eigenvalue weighted by atomic mass is 32.1. The SMILES string of the molecule is O=C(CN1CCc2sccc2[C@@H]1c1cccc(F)c1)N1CCCN(C(=O)c2ccco2)CC1. The summed E-state index contributed by atoms with van der Waals surface area (Å²) >= 11 is 1.72. The molecule has 1 atom stereocenters. The van der Waals surface area contributed by atoms with Gasteiger partial charge < -0.3 is 14.2 Å². The highest BCUT2D eigenvalue weighted by Gasteiger charge is 2.32. The van der Waals surface area contributed by atoms with Crippen molar-refractivity contribution in [2.24, 2.45) is 0 Å². The molecule has 2 aliphatic heterocycles. The van der Waals surface area contributed by atoms with Crippen molar-refractivity contribution in [1.29, 1.82) is 0 Å². The summed E-state index contributed by atoms with van der Waals surface area (Å²) in [6.07, 6.45) is 3.10. The van der Waals surface area contributed by atoms with Crippen LogP contribution in [0.1, 0.15) is 39.0 Å². The number of benzene rings is 1. The molecule has 8 heteroatoms. The van der Waals surface area contributed by atoms with Crippen molar-refractivity contribution in [2.45, 2.75) is 18.9 Å². The first kappa shape index (κ1) is 21.9. The van der Waals surface area contributed by atoms with E-state index in [2.05, 4.69) is 16.3 Å². The Labute approximate surface area is 196 Å². The fourth-order valence-electron chi connectivity index (χ4n) is 4.81. The third-order valence-electron chi connectivity index (χ3n) is 6.44. The van der Waals surface area contributed by atoms with Crippen LogP contribution in [0, 0.1) is 5.82 Å². The second-order valence-corrected chi connectivity index (χ2v) is 9.48. The van der Waals surface area contributed by atoms with E-state index < -0.39 is 0 Å². The van der Waals surface area contributed by atoms with Crippen LogP contribution in [0.2, 0.25) is 0 Å². The summed E-state index contributed by atoms with van der Waals surface area (Å²) < 4.78 is 19.3. The van der Waals surface area contributed by atoms with Crippen molar-refractivity contribution >= 4 is 23.2 Å². The molecule has 3 aromatic rings. The van der Waals surface area contributed by atoms with Crippen LogP contribution in [-0.4, -0.2) is 65.8 Å². The van der Waals surface area contributed by atoms with E-state index >= 15 is 0 Å². The number of furan rings is 1. The molecular weight excluding hydrogens is 441 g/mol. The first-order chi connectivity index (χ1) is 16.1. The molecule has 6 nitrogen and oxygen atoms in total. The predicted molar refractivity (Wildman–Crippen MR) is 124 cm³/mol. The highest BCUT2D eigenvalue weighted by Crippen LogP contribution is 2.37. The van der Waals surface area contributed by atoms with E-state index in [1.165, 1.54) is 17.2 Å². The molecule has 5 rings (SSSR count). The fraction of sp³-hybridized carbons (Fsp3) is 0.360. The minimum absolute atomic E-state index is 0.0439. The molecule has 2 aliphatic rings. The van der Waals surface area contributed by atoms with E-state index in [1.54, 1.807) is 40.5 Å². The van der Waals surface area contributed by atoms with Crippen molar-refractivity contribution in [3.05, 3.63) is 81.7 Å². The second-order valence-electron chi connectivity index (χ2n) is 8.48. The number of thiophene rings is 1. The van der Waals surface area contributed by atoms with E-state index in [4.69, 9.17) is 4.42 Å². The summed E-state index contributed by atoms with van der Waals surface area (Å²) in [5.41, 5.74) is 2.03. The van der Waals surface area contributed by atoms with Gasteiger partial charge in [-0.15, -0.1) is 11.3 Å². The third kappa shape index (κ3) is 4.58. The van der Waals surface area contributed by atoms with E-state index in [9.17, 15) is 14.0 Å². The maximum Gasteiger partial charge on any atom is 0.289 e. The number of amides is 2. The summed E-state index contributed by atoms with van der Waals surface area (Å²) in [5, 5.41) is 2.07. The Morgan fingerprint density at radius 3 is 2.70 bits per heavy atom. The lowest BCUT2D eigenvalue weighted by Gasteiger charge is -2.37. The largest absolute Gasteiger partial charge is 0.459 e. The predicted octanol–water partition coefficient (Wildman–Crippen LogP) is 3.80. The Bertz CT molecular complexity index is 1130. The zero-order valence-electron chi connectivity index (χ0n) is 18.3. The molecule has 4 heterocycles. The molecule has 2 aromatic heterocycles. The lowest BCUT2D eigenvalue weighted by Crippen LogP contribution is -2.45. The molecule has 0 N–H and O–H groups in total. The van der Waals surface area contributed by atoms with Gasteiger partial charge in [0.25, 0.3) is 5.91 Å². The van der Waals surface area contributed by atoms with Crippen LogP contribution >= 0.6 is 11.3 Å². The molecule has 33 heavy (non-hydrogen) atoms. The maximum absolute atomic E-state index is 14.0. The zero-order valence-corrected chi connectivity index (χ0v) is 19.1. The van der Waals surface area contributed by atoms with E-state index in [0.717, 1.165) is 30.5 Å². The number of hydrogen-bond donors (Lipinski definition) is 0. The van der Waals surface area contributed by atoms with Crippen molar-refractivity contribution in [3.63, 3.8) is 0 Å². The van der Waals surface area contributed by atoms with Gasteiger partial charge >= 0.3 is 0 Å². The van der Waals surface area contributed by atoms with E-state index in [0.29, 0.717) is 31.9 Å². The number of halogens is 1. The Morgan fingerprint density at radius 2 is 1.88 bits per heavy atom. The number of rotatable bonds is 4. The number of nitrogens with zero attached hydrogens (tertiary/aromatic N) is 3. The zero-order chi connectivity index (χ0) is 22.8. The average Bonchev–Trinajstić information content (AvgIpc) is 3.46. The standard InChI is InChI=1S/C25H26FN3O3S/c26-19-5-1-4-18(16-19)24-20-8-15-33-22(20)7-11-29(24)17-23(30)27-9-3-10-28(13-12-27)25(31)21-6-2-14-32-21/h1-2,4-6,8,14-16,24H,3,7,9-13,17H2/t24-/m0/s1. The molecule has 0 aliphatic carbocycles. The maximum atomic E-state index is 14.0. The number of hydrogen-bond acceptors (Lipinski definition) is 5. The van der Waals surface area contributed by atoms with Gasteiger partial charge in [0.05, 0.1) is 18.8 Å². The Kier molecular flexibility index (Phi) is 6.28. The third-order valence-corrected chi connectivity index (χ3v) is 7.43. The van der Waals surface area contributed by atoms with Crippen molar-refractivity contribution in [2.75, 3.05) is 39.3 Å². The van der Waals surface area contributed by atoms with Gasteiger partial charge in [0.1, 0.15) is 5.82 Å². The molecule has 0 bridgehead atoms. The van der Waals surface area contributed by atoms with Crippen LogP contribution in [0.15, 0.2) is 58.5 Å². The van der Waals surface area contributed by atoms with Crippen LogP contribution in [0.3, 0.4) is 0 Å². The summed E-state index contributed by atoms with van der Waals surface area (Å²) in [5.74, 6) is -0.0357. The molecule has 0 spiro atoms. The van der Waals surface area contributed by atoms with E-state index in [1.807, 2.05) is 11.0 Å². The fourth-order valence-corrected chi connectivity index (χ4v) is 5.71. The molecule has 0 unspecified atom stereocenters. The van der Waals surface area contributed by atoms with Crippen LogP contribution in [0.4, 0.5) is 4.39 Å². The van der Waals surface area contributed by atoms with Crippen LogP contribution in [0.25, 0.3) is 0 Å². The summed E-state index contributed by atoms with van der Waals surface area (Å²) in [6.45, 7) is 3.20. The molecule has 0 saturated carbocycles. The van der Waals surface area contributed by atoms with Crippen molar-refractivity contribution in [3.8, 4) is 0 Å². The monoisotopic (exact) mass is 467 g/mol. The molecular formula is C25H26FN3O3S. The van der Waals surface area contributed by atoms with Gasteiger partial charge in [0, 0.05) is 37.6 Å². The van der Waals surface area contributed by atoms with E-state index in [-0.39, 0.29) is 30.2 Å². The van der Waals surface area contributed by atoms with Gasteiger partial charge in [-0.25, -0.2) is 4.39 Å². The van der Waals surface area contributed by atoms with Crippen LogP contribution in [-0.2, 0) is 11.2 Å².